The highest BCUT2D eigenvalue weighted by Crippen LogP contribution is 2.31. The largest absolute Gasteiger partial charge is 0.397 e. The van der Waals surface area contributed by atoms with Gasteiger partial charge in [-0.15, -0.1) is 0 Å². The van der Waals surface area contributed by atoms with Gasteiger partial charge < -0.3 is 14.9 Å². The second kappa shape index (κ2) is 3.65. The summed E-state index contributed by atoms with van der Waals surface area (Å²) in [6, 6.07) is 0. The van der Waals surface area contributed by atoms with E-state index in [-0.39, 0.29) is 0 Å². The second-order valence-corrected chi connectivity index (χ2v) is 2.39. The van der Waals surface area contributed by atoms with Gasteiger partial charge in [0.2, 0.25) is 0 Å². The van der Waals surface area contributed by atoms with Crippen molar-refractivity contribution in [2.24, 2.45) is 0 Å². The fourth-order valence-electron chi connectivity index (χ4n) is 0.601. The summed E-state index contributed by atoms with van der Waals surface area (Å²) >= 11 is 0. The van der Waals surface area contributed by atoms with Gasteiger partial charge in [-0.1, -0.05) is 6.82 Å². The van der Waals surface area contributed by atoms with Crippen LogP contribution in [0.2, 0.25) is 12.0 Å². The van der Waals surface area contributed by atoms with Crippen molar-refractivity contribution in [1.29, 1.82) is 0 Å². The van der Waals surface area contributed by atoms with Crippen molar-refractivity contribution in [3.63, 3.8) is 0 Å². The molecule has 0 amide bonds. The summed E-state index contributed by atoms with van der Waals surface area (Å²) in [5, 5.41) is 16.6. The Balaban J connectivity index is 4.47. The van der Waals surface area contributed by atoms with Crippen molar-refractivity contribution in [3.05, 3.63) is 0 Å². The van der Waals surface area contributed by atoms with Crippen LogP contribution < -0.4 is 0 Å². The van der Waals surface area contributed by atoms with Crippen LogP contribution in [0.5, 0.6) is 0 Å². The van der Waals surface area contributed by atoms with Crippen molar-refractivity contribution >= 4 is 23.0 Å². The van der Waals surface area contributed by atoms with Crippen LogP contribution in [0, 0.1) is 0 Å². The highest BCUT2D eigenvalue weighted by Gasteiger charge is 2.40. The molecule has 0 bridgehead atoms. The van der Waals surface area contributed by atoms with E-state index in [0.29, 0.717) is 0 Å². The first-order chi connectivity index (χ1) is 4.93. The number of aliphatic hydroxyl groups excluding tert-OH is 1. The molecule has 0 spiro atoms. The van der Waals surface area contributed by atoms with Crippen molar-refractivity contribution in [1.82, 2.24) is 0 Å². The van der Waals surface area contributed by atoms with Crippen LogP contribution in [-0.2, 0) is 4.74 Å². The standard InChI is InChI=1S/C5H10B3O3/c1-8-4(6,3-9)5(7,10)11-2/h9-10H,3H2,1-2H3. The number of ether oxygens (including phenoxy) is 1. The van der Waals surface area contributed by atoms with E-state index in [0.717, 1.165) is 0 Å². The van der Waals surface area contributed by atoms with Crippen molar-refractivity contribution in [3.8, 4) is 0 Å². The average molecular weight is 151 g/mol. The molecule has 0 aliphatic carbocycles. The van der Waals surface area contributed by atoms with E-state index in [2.05, 4.69) is 4.74 Å². The zero-order valence-corrected chi connectivity index (χ0v) is 6.74. The van der Waals surface area contributed by atoms with Crippen molar-refractivity contribution in [2.45, 2.75) is 17.7 Å². The number of hydrogen-bond acceptors (Lipinski definition) is 3. The summed E-state index contributed by atoms with van der Waals surface area (Å²) in [5.41, 5.74) is -2.03. The summed E-state index contributed by atoms with van der Waals surface area (Å²) in [4.78, 5) is 0. The van der Waals surface area contributed by atoms with Gasteiger partial charge in [-0.05, 0) is 5.21 Å². The van der Waals surface area contributed by atoms with Crippen LogP contribution in [0.1, 0.15) is 0 Å². The molecule has 2 atom stereocenters. The fraction of sp³-hybridized carbons (Fsp3) is 1.00. The maximum atomic E-state index is 9.28. The smallest absolute Gasteiger partial charge is 0.152 e. The molecular weight excluding hydrogens is 140 g/mol. The SMILES string of the molecule is [B]C([B]C)(CO)C([B])(O)OC. The van der Waals surface area contributed by atoms with Crippen LogP contribution in [0.25, 0.3) is 0 Å². The van der Waals surface area contributed by atoms with Gasteiger partial charge in [-0.3, -0.25) is 0 Å². The second-order valence-electron chi connectivity index (χ2n) is 2.39. The summed E-state index contributed by atoms with van der Waals surface area (Å²) in [5.74, 6) is 0. The normalized spacial score (nSPS) is 21.8. The van der Waals surface area contributed by atoms with E-state index in [4.69, 9.17) is 20.8 Å². The van der Waals surface area contributed by atoms with Crippen molar-refractivity contribution < 1.29 is 14.9 Å². The van der Waals surface area contributed by atoms with Gasteiger partial charge in [0, 0.05) is 13.7 Å². The van der Waals surface area contributed by atoms with E-state index < -0.39 is 17.5 Å². The lowest BCUT2D eigenvalue weighted by molar-refractivity contribution is -0.136. The number of hydrogen-bond donors (Lipinski definition) is 2. The lowest BCUT2D eigenvalue weighted by Crippen LogP contribution is -2.50. The van der Waals surface area contributed by atoms with E-state index >= 15 is 0 Å². The highest BCUT2D eigenvalue weighted by molar-refractivity contribution is 6.55. The Morgan fingerprint density at radius 1 is 1.55 bits per heavy atom. The zero-order valence-electron chi connectivity index (χ0n) is 6.74. The minimum Gasteiger partial charge on any atom is -0.397 e. The molecule has 0 fully saturated rings. The predicted octanol–water partition coefficient (Wildman–Crippen LogP) is -1.52. The third kappa shape index (κ3) is 2.01. The quantitative estimate of drug-likeness (QED) is 0.378. The molecule has 0 saturated carbocycles. The number of rotatable bonds is 4. The predicted molar refractivity (Wildman–Crippen MR) is 44.9 cm³/mol. The molecule has 2 unspecified atom stereocenters. The zero-order chi connectivity index (χ0) is 9.12. The van der Waals surface area contributed by atoms with Gasteiger partial charge in [0.05, 0.1) is 7.85 Å². The summed E-state index contributed by atoms with van der Waals surface area (Å²) in [7, 11) is 13.3. The molecule has 0 rings (SSSR count). The maximum Gasteiger partial charge on any atom is 0.152 e. The molecule has 0 aromatic carbocycles. The molecule has 0 aliphatic rings. The Hall–Kier alpha value is 0.0748. The highest BCUT2D eigenvalue weighted by atomic mass is 16.6. The summed E-state index contributed by atoms with van der Waals surface area (Å²) in [6.45, 7) is 1.09. The van der Waals surface area contributed by atoms with E-state index in [1.165, 1.54) is 14.4 Å². The van der Waals surface area contributed by atoms with Crippen LogP contribution in [0.15, 0.2) is 0 Å². The van der Waals surface area contributed by atoms with Crippen LogP contribution in [-0.4, -0.2) is 52.6 Å². The molecule has 2 N–H and O–H groups in total. The molecule has 6 heteroatoms. The molecular formula is C5H10B3O3. The molecule has 0 heterocycles. The maximum absolute atomic E-state index is 9.28. The van der Waals surface area contributed by atoms with Crippen LogP contribution in [0.4, 0.5) is 0 Å². The first-order valence-electron chi connectivity index (χ1n) is 3.20. The van der Waals surface area contributed by atoms with E-state index in [1.54, 1.807) is 6.82 Å². The lowest BCUT2D eigenvalue weighted by Gasteiger charge is -2.40. The van der Waals surface area contributed by atoms with E-state index in [1.807, 2.05) is 0 Å². The molecule has 0 aliphatic heterocycles. The van der Waals surface area contributed by atoms with Gasteiger partial charge in [0.1, 0.15) is 13.0 Å². The molecule has 5 radical (unpaired) electrons. The summed E-state index contributed by atoms with van der Waals surface area (Å²) < 4.78 is 4.50. The molecule has 0 saturated heterocycles. The van der Waals surface area contributed by atoms with Gasteiger partial charge in [-0.2, -0.15) is 0 Å². The molecule has 0 aromatic heterocycles. The van der Waals surface area contributed by atoms with Crippen molar-refractivity contribution in [2.75, 3.05) is 13.7 Å². The molecule has 57 valence electrons. The molecule has 11 heavy (non-hydrogen) atoms. The van der Waals surface area contributed by atoms with Gasteiger partial charge >= 0.3 is 0 Å². The first kappa shape index (κ1) is 11.1. The Labute approximate surface area is 70.2 Å². The Morgan fingerprint density at radius 2 is 2.00 bits per heavy atom. The number of aliphatic hydroxyl groups is 2. The lowest BCUT2D eigenvalue weighted by atomic mass is 9.37. The molecule has 3 nitrogen and oxygen atoms in total. The topological polar surface area (TPSA) is 49.7 Å². The first-order valence-corrected chi connectivity index (χ1v) is 3.20. The third-order valence-electron chi connectivity index (χ3n) is 1.75. The monoisotopic (exact) mass is 151 g/mol. The van der Waals surface area contributed by atoms with E-state index in [9.17, 15) is 5.11 Å². The van der Waals surface area contributed by atoms with Gasteiger partial charge in [-0.25, -0.2) is 0 Å². The fourth-order valence-corrected chi connectivity index (χ4v) is 0.601. The van der Waals surface area contributed by atoms with Gasteiger partial charge in [0.25, 0.3) is 0 Å². The Morgan fingerprint density at radius 3 is 2.09 bits per heavy atom. The molecule has 0 aromatic rings. The number of methoxy groups -OCH3 is 1. The average Bonchev–Trinajstić information content (AvgIpc) is 2.02. The van der Waals surface area contributed by atoms with Crippen LogP contribution in [0.3, 0.4) is 0 Å². The van der Waals surface area contributed by atoms with Crippen LogP contribution >= 0.6 is 0 Å². The minimum atomic E-state index is -2.03. The minimum absolute atomic E-state index is 0.482. The Bertz CT molecular complexity index is 124. The van der Waals surface area contributed by atoms with Gasteiger partial charge in [0.15, 0.2) is 7.85 Å². The Kier molecular flexibility index (Phi) is 3.68. The third-order valence-corrected chi connectivity index (χ3v) is 1.75. The summed E-state index contributed by atoms with van der Waals surface area (Å²) in [6.07, 6.45) is 0.